The number of nitrogens with one attached hydrogen (secondary N) is 1. The summed E-state index contributed by atoms with van der Waals surface area (Å²) in [6, 6.07) is 18.8. The molecule has 0 saturated heterocycles. The summed E-state index contributed by atoms with van der Waals surface area (Å²) in [5, 5.41) is 7.03. The molecule has 0 bridgehead atoms. The lowest BCUT2D eigenvalue weighted by Gasteiger charge is -2.07. The lowest BCUT2D eigenvalue weighted by atomic mass is 10.1. The second-order valence-corrected chi connectivity index (χ2v) is 4.74. The van der Waals surface area contributed by atoms with Gasteiger partial charge in [0.15, 0.2) is 0 Å². The van der Waals surface area contributed by atoms with Crippen molar-refractivity contribution >= 4 is 11.6 Å². The first-order valence-corrected chi connectivity index (χ1v) is 6.69. The highest BCUT2D eigenvalue weighted by Crippen LogP contribution is 2.20. The zero-order valence-corrected chi connectivity index (χ0v) is 11.7. The van der Waals surface area contributed by atoms with Crippen LogP contribution in [0.15, 0.2) is 66.9 Å². The van der Waals surface area contributed by atoms with E-state index in [1.165, 1.54) is 0 Å². The number of benzene rings is 2. The van der Waals surface area contributed by atoms with Gasteiger partial charge >= 0.3 is 0 Å². The van der Waals surface area contributed by atoms with Gasteiger partial charge in [-0.15, -0.1) is 0 Å². The summed E-state index contributed by atoms with van der Waals surface area (Å²) >= 11 is 0. The van der Waals surface area contributed by atoms with Crippen LogP contribution in [-0.2, 0) is 7.05 Å². The second kappa shape index (κ2) is 5.63. The van der Waals surface area contributed by atoms with E-state index in [1.807, 2.05) is 60.3 Å². The van der Waals surface area contributed by atoms with Gasteiger partial charge < -0.3 is 5.32 Å². The standard InChI is InChI=1S/C17H15N3O/c1-20-16(11-12-18-20)13-7-9-15(10-8-13)19-17(21)14-5-3-2-4-6-14/h2-12H,1H3,(H,19,21). The first-order chi connectivity index (χ1) is 10.2. The summed E-state index contributed by atoms with van der Waals surface area (Å²) in [6.45, 7) is 0. The van der Waals surface area contributed by atoms with Crippen LogP contribution in [0.4, 0.5) is 5.69 Å². The average Bonchev–Trinajstić information content (AvgIpc) is 2.95. The average molecular weight is 277 g/mol. The smallest absolute Gasteiger partial charge is 0.255 e. The Kier molecular flexibility index (Phi) is 3.51. The second-order valence-electron chi connectivity index (χ2n) is 4.74. The van der Waals surface area contributed by atoms with Gasteiger partial charge in [0, 0.05) is 24.5 Å². The molecule has 1 heterocycles. The Morgan fingerprint density at radius 3 is 2.33 bits per heavy atom. The fourth-order valence-corrected chi connectivity index (χ4v) is 2.17. The molecule has 4 nitrogen and oxygen atoms in total. The van der Waals surface area contributed by atoms with Crippen LogP contribution in [0.2, 0.25) is 0 Å². The van der Waals surface area contributed by atoms with Crippen molar-refractivity contribution in [1.82, 2.24) is 9.78 Å². The number of carbonyl (C=O) groups excluding carboxylic acids is 1. The molecule has 1 aromatic heterocycles. The van der Waals surface area contributed by atoms with E-state index in [9.17, 15) is 4.79 Å². The third-order valence-electron chi connectivity index (χ3n) is 3.30. The fraction of sp³-hybridized carbons (Fsp3) is 0.0588. The number of aromatic nitrogens is 2. The van der Waals surface area contributed by atoms with E-state index in [2.05, 4.69) is 10.4 Å². The highest BCUT2D eigenvalue weighted by molar-refractivity contribution is 6.04. The van der Waals surface area contributed by atoms with Gasteiger partial charge in [0.05, 0.1) is 5.69 Å². The van der Waals surface area contributed by atoms with E-state index in [0.717, 1.165) is 16.9 Å². The van der Waals surface area contributed by atoms with Crippen LogP contribution in [0, 0.1) is 0 Å². The monoisotopic (exact) mass is 277 g/mol. The first-order valence-electron chi connectivity index (χ1n) is 6.69. The van der Waals surface area contributed by atoms with E-state index < -0.39 is 0 Å². The Labute approximate surface area is 123 Å². The SMILES string of the molecule is Cn1nccc1-c1ccc(NC(=O)c2ccccc2)cc1. The molecule has 1 N–H and O–H groups in total. The quantitative estimate of drug-likeness (QED) is 0.798. The molecule has 0 atom stereocenters. The maximum atomic E-state index is 12.1. The molecule has 3 rings (SSSR count). The number of amides is 1. The highest BCUT2D eigenvalue weighted by Gasteiger charge is 2.06. The fourth-order valence-electron chi connectivity index (χ4n) is 2.17. The minimum Gasteiger partial charge on any atom is -0.322 e. The molecule has 0 aliphatic rings. The predicted octanol–water partition coefficient (Wildman–Crippen LogP) is 3.34. The third-order valence-corrected chi connectivity index (χ3v) is 3.30. The lowest BCUT2D eigenvalue weighted by Crippen LogP contribution is -2.11. The van der Waals surface area contributed by atoms with Crippen molar-refractivity contribution in [3.63, 3.8) is 0 Å². The van der Waals surface area contributed by atoms with Crippen LogP contribution in [0.5, 0.6) is 0 Å². The predicted molar refractivity (Wildman–Crippen MR) is 83.0 cm³/mol. The maximum Gasteiger partial charge on any atom is 0.255 e. The first kappa shape index (κ1) is 13.1. The van der Waals surface area contributed by atoms with Gasteiger partial charge in [-0.05, 0) is 35.9 Å². The molecule has 0 aliphatic carbocycles. The molecule has 21 heavy (non-hydrogen) atoms. The molecule has 0 fully saturated rings. The van der Waals surface area contributed by atoms with E-state index in [-0.39, 0.29) is 5.91 Å². The van der Waals surface area contributed by atoms with Gasteiger partial charge in [0.25, 0.3) is 5.91 Å². The van der Waals surface area contributed by atoms with Gasteiger partial charge in [-0.25, -0.2) is 0 Å². The summed E-state index contributed by atoms with van der Waals surface area (Å²) in [5.74, 6) is -0.108. The number of anilines is 1. The van der Waals surface area contributed by atoms with Crippen LogP contribution < -0.4 is 5.32 Å². The normalized spacial score (nSPS) is 10.3. The molecule has 0 aliphatic heterocycles. The van der Waals surface area contributed by atoms with Crippen molar-refractivity contribution < 1.29 is 4.79 Å². The Morgan fingerprint density at radius 2 is 1.71 bits per heavy atom. The summed E-state index contributed by atoms with van der Waals surface area (Å²) in [7, 11) is 1.90. The van der Waals surface area contributed by atoms with Crippen molar-refractivity contribution in [3.05, 3.63) is 72.4 Å². The molecular formula is C17H15N3O. The molecule has 2 aromatic carbocycles. The van der Waals surface area contributed by atoms with Gasteiger partial charge in [-0.1, -0.05) is 30.3 Å². The van der Waals surface area contributed by atoms with Crippen LogP contribution in [0.25, 0.3) is 11.3 Å². The number of carbonyl (C=O) groups is 1. The van der Waals surface area contributed by atoms with Crippen molar-refractivity contribution in [2.24, 2.45) is 7.05 Å². The van der Waals surface area contributed by atoms with Crippen molar-refractivity contribution in [3.8, 4) is 11.3 Å². The summed E-state index contributed by atoms with van der Waals surface area (Å²) in [5.41, 5.74) is 3.52. The largest absolute Gasteiger partial charge is 0.322 e. The third kappa shape index (κ3) is 2.84. The van der Waals surface area contributed by atoms with E-state index in [4.69, 9.17) is 0 Å². The minimum absolute atomic E-state index is 0.108. The van der Waals surface area contributed by atoms with Crippen molar-refractivity contribution in [2.45, 2.75) is 0 Å². The van der Waals surface area contributed by atoms with Crippen molar-refractivity contribution in [2.75, 3.05) is 5.32 Å². The molecule has 0 unspecified atom stereocenters. The van der Waals surface area contributed by atoms with Gasteiger partial charge in [0.1, 0.15) is 0 Å². The van der Waals surface area contributed by atoms with E-state index >= 15 is 0 Å². The molecule has 1 amide bonds. The minimum atomic E-state index is -0.108. The van der Waals surface area contributed by atoms with Crippen LogP contribution in [0.3, 0.4) is 0 Å². The maximum absolute atomic E-state index is 12.1. The van der Waals surface area contributed by atoms with Crippen LogP contribution in [0.1, 0.15) is 10.4 Å². The molecule has 4 heteroatoms. The Balaban J connectivity index is 1.76. The molecule has 3 aromatic rings. The summed E-state index contributed by atoms with van der Waals surface area (Å²) in [4.78, 5) is 12.1. The molecule has 104 valence electrons. The Hall–Kier alpha value is -2.88. The Bertz CT molecular complexity index is 745. The van der Waals surface area contributed by atoms with Crippen LogP contribution >= 0.6 is 0 Å². The number of aryl methyl sites for hydroxylation is 1. The number of nitrogens with zero attached hydrogens (tertiary/aromatic N) is 2. The lowest BCUT2D eigenvalue weighted by molar-refractivity contribution is 0.102. The van der Waals surface area contributed by atoms with Crippen LogP contribution in [-0.4, -0.2) is 15.7 Å². The van der Waals surface area contributed by atoms with Gasteiger partial charge in [0.2, 0.25) is 0 Å². The number of hydrogen-bond donors (Lipinski definition) is 1. The van der Waals surface area contributed by atoms with E-state index in [0.29, 0.717) is 5.56 Å². The molecule has 0 saturated carbocycles. The number of rotatable bonds is 3. The molecule has 0 spiro atoms. The van der Waals surface area contributed by atoms with Gasteiger partial charge in [-0.2, -0.15) is 5.10 Å². The molecule has 0 radical (unpaired) electrons. The van der Waals surface area contributed by atoms with Crippen molar-refractivity contribution in [1.29, 1.82) is 0 Å². The summed E-state index contributed by atoms with van der Waals surface area (Å²) in [6.07, 6.45) is 1.76. The Morgan fingerprint density at radius 1 is 1.00 bits per heavy atom. The number of hydrogen-bond acceptors (Lipinski definition) is 2. The molecular weight excluding hydrogens is 262 g/mol. The zero-order valence-electron chi connectivity index (χ0n) is 11.7. The topological polar surface area (TPSA) is 46.9 Å². The van der Waals surface area contributed by atoms with E-state index in [1.54, 1.807) is 18.3 Å². The highest BCUT2D eigenvalue weighted by atomic mass is 16.1. The zero-order chi connectivity index (χ0) is 14.7. The van der Waals surface area contributed by atoms with Gasteiger partial charge in [-0.3, -0.25) is 9.48 Å². The summed E-state index contributed by atoms with van der Waals surface area (Å²) < 4.78 is 1.82.